The van der Waals surface area contributed by atoms with Crippen molar-refractivity contribution < 1.29 is 9.53 Å². The monoisotopic (exact) mass is 382 g/mol. The molecule has 0 radical (unpaired) electrons. The predicted octanol–water partition coefficient (Wildman–Crippen LogP) is 5.36. The van der Waals surface area contributed by atoms with E-state index < -0.39 is 0 Å². The van der Waals surface area contributed by atoms with Crippen LogP contribution < -0.4 is 10.1 Å². The van der Waals surface area contributed by atoms with Crippen molar-refractivity contribution in [3.05, 3.63) is 29.6 Å². The van der Waals surface area contributed by atoms with Crippen molar-refractivity contribution in [2.24, 2.45) is 23.2 Å². The molecule has 0 atom stereocenters. The maximum atomic E-state index is 13.2. The summed E-state index contributed by atoms with van der Waals surface area (Å²) in [4.78, 5) is 17.8. The summed E-state index contributed by atoms with van der Waals surface area (Å²) in [7, 11) is 0. The number of rotatable bonds is 5. The SMILES string of the molecule is CCOc1ccc(-c2csc(NC(=O)C34CC5CC(CC(C5)C3)C4)n2)cc1. The van der Waals surface area contributed by atoms with Gasteiger partial charge in [0.05, 0.1) is 17.7 Å². The van der Waals surface area contributed by atoms with Crippen molar-refractivity contribution in [1.82, 2.24) is 4.98 Å². The number of carbonyl (C=O) groups is 1. The molecule has 0 unspecified atom stereocenters. The number of hydrogen-bond acceptors (Lipinski definition) is 4. The summed E-state index contributed by atoms with van der Waals surface area (Å²) in [6.07, 6.45) is 7.31. The van der Waals surface area contributed by atoms with E-state index in [-0.39, 0.29) is 11.3 Å². The van der Waals surface area contributed by atoms with Crippen LogP contribution >= 0.6 is 11.3 Å². The molecule has 6 rings (SSSR count). The number of hydrogen-bond donors (Lipinski definition) is 1. The number of aromatic nitrogens is 1. The lowest BCUT2D eigenvalue weighted by Gasteiger charge is -2.55. The van der Waals surface area contributed by atoms with Gasteiger partial charge >= 0.3 is 0 Å². The summed E-state index contributed by atoms with van der Waals surface area (Å²) < 4.78 is 5.50. The molecule has 1 aromatic heterocycles. The fourth-order valence-electron chi connectivity index (χ4n) is 5.97. The molecule has 142 valence electrons. The van der Waals surface area contributed by atoms with E-state index in [4.69, 9.17) is 4.74 Å². The molecule has 4 nitrogen and oxygen atoms in total. The molecule has 0 saturated heterocycles. The van der Waals surface area contributed by atoms with E-state index in [1.54, 1.807) is 0 Å². The quantitative estimate of drug-likeness (QED) is 0.757. The van der Waals surface area contributed by atoms with E-state index in [0.29, 0.717) is 6.61 Å². The molecule has 5 heteroatoms. The molecule has 4 saturated carbocycles. The topological polar surface area (TPSA) is 51.2 Å². The third-order valence-corrected chi connectivity index (χ3v) is 7.46. The third kappa shape index (κ3) is 3.16. The van der Waals surface area contributed by atoms with Gasteiger partial charge in [-0.25, -0.2) is 4.98 Å². The number of anilines is 1. The number of amides is 1. The molecule has 1 heterocycles. The maximum absolute atomic E-state index is 13.2. The largest absolute Gasteiger partial charge is 0.494 e. The molecule has 2 aromatic rings. The van der Waals surface area contributed by atoms with Gasteiger partial charge in [-0.3, -0.25) is 4.79 Å². The van der Waals surface area contributed by atoms with Gasteiger partial charge in [-0.1, -0.05) is 0 Å². The molecule has 4 bridgehead atoms. The Hall–Kier alpha value is -1.88. The number of ether oxygens (including phenoxy) is 1. The van der Waals surface area contributed by atoms with Crippen LogP contribution in [0.2, 0.25) is 0 Å². The van der Waals surface area contributed by atoms with Crippen molar-refractivity contribution in [1.29, 1.82) is 0 Å². The molecule has 0 aliphatic heterocycles. The Balaban J connectivity index is 1.30. The standard InChI is InChI=1S/C22H26N2O2S/c1-2-26-18-5-3-17(4-6-18)19-13-27-21(23-19)24-20(25)22-10-14-7-15(11-22)9-16(8-14)12-22/h3-6,13-16H,2,7-12H2,1H3,(H,23,24,25). The van der Waals surface area contributed by atoms with E-state index >= 15 is 0 Å². The zero-order valence-corrected chi connectivity index (χ0v) is 16.6. The lowest BCUT2D eigenvalue weighted by molar-refractivity contribution is -0.140. The van der Waals surface area contributed by atoms with Crippen LogP contribution in [0.3, 0.4) is 0 Å². The van der Waals surface area contributed by atoms with E-state index in [1.165, 1.54) is 30.6 Å². The van der Waals surface area contributed by atoms with E-state index in [2.05, 4.69) is 10.3 Å². The van der Waals surface area contributed by atoms with Crippen LogP contribution in [0.4, 0.5) is 5.13 Å². The molecule has 1 amide bonds. The molecule has 1 aromatic carbocycles. The van der Waals surface area contributed by atoms with Crippen molar-refractivity contribution in [3.63, 3.8) is 0 Å². The molecule has 27 heavy (non-hydrogen) atoms. The summed E-state index contributed by atoms with van der Waals surface area (Å²) in [5.41, 5.74) is 1.83. The van der Waals surface area contributed by atoms with Gasteiger partial charge in [0, 0.05) is 10.9 Å². The second-order valence-electron chi connectivity index (χ2n) is 8.65. The predicted molar refractivity (Wildman–Crippen MR) is 108 cm³/mol. The smallest absolute Gasteiger partial charge is 0.232 e. The van der Waals surface area contributed by atoms with Crippen LogP contribution in [-0.4, -0.2) is 17.5 Å². The summed E-state index contributed by atoms with van der Waals surface area (Å²) in [6, 6.07) is 7.97. The van der Waals surface area contributed by atoms with Gasteiger partial charge in [0.1, 0.15) is 5.75 Å². The fourth-order valence-corrected chi connectivity index (χ4v) is 6.69. The summed E-state index contributed by atoms with van der Waals surface area (Å²) in [6.45, 7) is 2.64. The highest BCUT2D eigenvalue weighted by Gasteiger charge is 2.54. The minimum Gasteiger partial charge on any atom is -0.494 e. The summed E-state index contributed by atoms with van der Waals surface area (Å²) >= 11 is 1.52. The van der Waals surface area contributed by atoms with Gasteiger partial charge in [-0.2, -0.15) is 0 Å². The van der Waals surface area contributed by atoms with Crippen LogP contribution in [0.5, 0.6) is 5.75 Å². The van der Waals surface area contributed by atoms with E-state index in [1.807, 2.05) is 36.6 Å². The maximum Gasteiger partial charge on any atom is 0.232 e. The lowest BCUT2D eigenvalue weighted by atomic mass is 9.49. The van der Waals surface area contributed by atoms with Gasteiger partial charge in [-0.15, -0.1) is 11.3 Å². The number of nitrogens with one attached hydrogen (secondary N) is 1. The summed E-state index contributed by atoms with van der Waals surface area (Å²) in [5, 5.41) is 5.91. The average Bonchev–Trinajstić information content (AvgIpc) is 3.10. The molecular weight excluding hydrogens is 356 g/mol. The van der Waals surface area contributed by atoms with Crippen LogP contribution in [0.25, 0.3) is 11.3 Å². The molecular formula is C22H26N2O2S. The molecule has 4 aliphatic rings. The van der Waals surface area contributed by atoms with Gasteiger partial charge in [0.2, 0.25) is 5.91 Å². The number of benzene rings is 1. The first-order valence-electron chi connectivity index (χ1n) is 10.1. The van der Waals surface area contributed by atoms with Gasteiger partial charge in [0.25, 0.3) is 0 Å². The second-order valence-corrected chi connectivity index (χ2v) is 9.51. The zero-order valence-electron chi connectivity index (χ0n) is 15.7. The molecule has 4 fully saturated rings. The van der Waals surface area contributed by atoms with Crippen LogP contribution in [0.15, 0.2) is 29.6 Å². The Kier molecular flexibility index (Phi) is 4.23. The minimum atomic E-state index is -0.125. The van der Waals surface area contributed by atoms with Gasteiger partial charge in [-0.05, 0) is 87.5 Å². The Labute approximate surface area is 164 Å². The zero-order chi connectivity index (χ0) is 18.4. The first kappa shape index (κ1) is 17.2. The van der Waals surface area contributed by atoms with E-state index in [0.717, 1.165) is 59.2 Å². The Morgan fingerprint density at radius 2 is 1.78 bits per heavy atom. The molecule has 0 spiro atoms. The number of carbonyl (C=O) groups excluding carboxylic acids is 1. The fraction of sp³-hybridized carbons (Fsp3) is 0.545. The van der Waals surface area contributed by atoms with E-state index in [9.17, 15) is 4.79 Å². The van der Waals surface area contributed by atoms with Gasteiger partial charge < -0.3 is 10.1 Å². The van der Waals surface area contributed by atoms with Crippen molar-refractivity contribution in [2.75, 3.05) is 11.9 Å². The second kappa shape index (κ2) is 6.62. The Morgan fingerprint density at radius 3 is 2.37 bits per heavy atom. The first-order valence-corrected chi connectivity index (χ1v) is 11.0. The highest BCUT2D eigenvalue weighted by atomic mass is 32.1. The normalized spacial score (nSPS) is 31.1. The summed E-state index contributed by atoms with van der Waals surface area (Å²) in [5.74, 6) is 3.41. The number of nitrogens with zero attached hydrogens (tertiary/aromatic N) is 1. The number of thiazole rings is 1. The van der Waals surface area contributed by atoms with Crippen molar-refractivity contribution >= 4 is 22.4 Å². The van der Waals surface area contributed by atoms with Crippen LogP contribution in [0, 0.1) is 23.2 Å². The van der Waals surface area contributed by atoms with Crippen LogP contribution in [0.1, 0.15) is 45.4 Å². The van der Waals surface area contributed by atoms with Gasteiger partial charge in [0.15, 0.2) is 5.13 Å². The molecule has 4 aliphatic carbocycles. The first-order chi connectivity index (χ1) is 13.1. The van der Waals surface area contributed by atoms with Crippen molar-refractivity contribution in [2.45, 2.75) is 45.4 Å². The van der Waals surface area contributed by atoms with Crippen LogP contribution in [-0.2, 0) is 4.79 Å². The highest BCUT2D eigenvalue weighted by Crippen LogP contribution is 2.60. The van der Waals surface area contributed by atoms with Crippen molar-refractivity contribution in [3.8, 4) is 17.0 Å². The average molecular weight is 383 g/mol. The third-order valence-electron chi connectivity index (χ3n) is 6.71. The Morgan fingerprint density at radius 1 is 1.15 bits per heavy atom. The Bertz CT molecular complexity index is 807. The lowest BCUT2D eigenvalue weighted by Crippen LogP contribution is -2.51. The minimum absolute atomic E-state index is 0.125. The molecule has 1 N–H and O–H groups in total. The highest BCUT2D eigenvalue weighted by molar-refractivity contribution is 7.14.